The first-order chi connectivity index (χ1) is 8.85. The molecule has 2 aliphatic rings. The van der Waals surface area contributed by atoms with Gasteiger partial charge < -0.3 is 15.0 Å². The normalized spacial score (nSPS) is 27.1. The van der Waals surface area contributed by atoms with E-state index in [0.29, 0.717) is 0 Å². The van der Waals surface area contributed by atoms with E-state index in [1.165, 1.54) is 38.3 Å². The molecule has 3 nitrogen and oxygen atoms in total. The molecule has 3 rings (SSSR count). The Balaban J connectivity index is 1.70. The van der Waals surface area contributed by atoms with Crippen LogP contribution < -0.4 is 15.0 Å². The highest BCUT2D eigenvalue weighted by Crippen LogP contribution is 2.29. The van der Waals surface area contributed by atoms with Gasteiger partial charge in [0.05, 0.1) is 6.61 Å². The van der Waals surface area contributed by atoms with Crippen molar-refractivity contribution in [2.75, 3.05) is 37.7 Å². The number of fused-ring (bicyclic) bond motifs is 2. The quantitative estimate of drug-likeness (QED) is 0.884. The first-order valence-corrected chi connectivity index (χ1v) is 7.03. The van der Waals surface area contributed by atoms with E-state index in [9.17, 15) is 0 Å². The molecule has 1 aromatic rings. The van der Waals surface area contributed by atoms with E-state index in [2.05, 4.69) is 34.5 Å². The van der Waals surface area contributed by atoms with Crippen LogP contribution in [0, 0.1) is 11.8 Å². The molecule has 2 bridgehead atoms. The third-order valence-corrected chi connectivity index (χ3v) is 4.00. The molecule has 0 amide bonds. The topological polar surface area (TPSA) is 24.5 Å². The van der Waals surface area contributed by atoms with Crippen LogP contribution in [-0.4, -0.2) is 32.8 Å². The van der Waals surface area contributed by atoms with Crippen molar-refractivity contribution in [3.05, 3.63) is 24.3 Å². The van der Waals surface area contributed by atoms with Gasteiger partial charge in [-0.3, -0.25) is 0 Å². The third-order valence-electron chi connectivity index (χ3n) is 4.00. The summed E-state index contributed by atoms with van der Waals surface area (Å²) >= 11 is 0. The summed E-state index contributed by atoms with van der Waals surface area (Å²) in [5, 5.41) is 3.54. The molecule has 2 fully saturated rings. The van der Waals surface area contributed by atoms with E-state index in [-0.39, 0.29) is 0 Å². The maximum Gasteiger partial charge on any atom is 0.119 e. The van der Waals surface area contributed by atoms with Gasteiger partial charge >= 0.3 is 0 Å². The monoisotopic (exact) mass is 246 g/mol. The highest BCUT2D eigenvalue weighted by atomic mass is 16.5. The van der Waals surface area contributed by atoms with Gasteiger partial charge in [-0.15, -0.1) is 0 Å². The van der Waals surface area contributed by atoms with Gasteiger partial charge in [0.15, 0.2) is 0 Å². The number of ether oxygens (including phenoxy) is 1. The Hall–Kier alpha value is -1.22. The van der Waals surface area contributed by atoms with Crippen LogP contribution in [0.25, 0.3) is 0 Å². The zero-order valence-corrected chi connectivity index (χ0v) is 11.1. The average Bonchev–Trinajstić information content (AvgIpc) is 2.39. The van der Waals surface area contributed by atoms with Crippen molar-refractivity contribution in [2.45, 2.75) is 13.3 Å². The molecule has 2 saturated heterocycles. The summed E-state index contributed by atoms with van der Waals surface area (Å²) in [6.07, 6.45) is 1.40. The smallest absolute Gasteiger partial charge is 0.119 e. The SMILES string of the molecule is CCOc1ccc(N2CC3CNCC(C3)C2)cc1. The summed E-state index contributed by atoms with van der Waals surface area (Å²) in [5.41, 5.74) is 1.34. The Morgan fingerprint density at radius 1 is 1.17 bits per heavy atom. The van der Waals surface area contributed by atoms with E-state index in [0.717, 1.165) is 24.2 Å². The van der Waals surface area contributed by atoms with Crippen molar-refractivity contribution < 1.29 is 4.74 Å². The van der Waals surface area contributed by atoms with Crippen LogP contribution in [0.3, 0.4) is 0 Å². The van der Waals surface area contributed by atoms with Gasteiger partial charge in [-0.2, -0.15) is 0 Å². The Kier molecular flexibility index (Phi) is 3.41. The number of rotatable bonds is 3. The van der Waals surface area contributed by atoms with Crippen LogP contribution in [0.1, 0.15) is 13.3 Å². The molecule has 0 spiro atoms. The van der Waals surface area contributed by atoms with Crippen LogP contribution in [-0.2, 0) is 0 Å². The number of piperidine rings is 2. The van der Waals surface area contributed by atoms with Gasteiger partial charge in [-0.05, 0) is 62.5 Å². The molecule has 18 heavy (non-hydrogen) atoms. The van der Waals surface area contributed by atoms with Crippen molar-refractivity contribution in [3.8, 4) is 5.75 Å². The summed E-state index contributed by atoms with van der Waals surface area (Å²) in [6.45, 7) is 7.51. The largest absolute Gasteiger partial charge is 0.494 e. The van der Waals surface area contributed by atoms with E-state index >= 15 is 0 Å². The predicted molar refractivity (Wildman–Crippen MR) is 74.3 cm³/mol. The molecule has 2 heterocycles. The van der Waals surface area contributed by atoms with Crippen LogP contribution >= 0.6 is 0 Å². The minimum Gasteiger partial charge on any atom is -0.494 e. The Morgan fingerprint density at radius 3 is 2.44 bits per heavy atom. The van der Waals surface area contributed by atoms with Gasteiger partial charge in [0.2, 0.25) is 0 Å². The molecular weight excluding hydrogens is 224 g/mol. The maximum absolute atomic E-state index is 5.49. The third kappa shape index (κ3) is 2.46. The molecule has 0 aliphatic carbocycles. The van der Waals surface area contributed by atoms with Gasteiger partial charge in [0.1, 0.15) is 5.75 Å². The van der Waals surface area contributed by atoms with Gasteiger partial charge in [0, 0.05) is 18.8 Å². The number of anilines is 1. The molecule has 0 saturated carbocycles. The lowest BCUT2D eigenvalue weighted by molar-refractivity contribution is 0.249. The fourth-order valence-electron chi connectivity index (χ4n) is 3.24. The van der Waals surface area contributed by atoms with Crippen molar-refractivity contribution >= 4 is 5.69 Å². The molecule has 3 heteroatoms. The lowest BCUT2D eigenvalue weighted by atomic mass is 9.85. The highest BCUT2D eigenvalue weighted by molar-refractivity contribution is 5.49. The number of benzene rings is 1. The maximum atomic E-state index is 5.49. The molecule has 2 aliphatic heterocycles. The average molecular weight is 246 g/mol. The number of hydrogen-bond acceptors (Lipinski definition) is 3. The van der Waals surface area contributed by atoms with Crippen molar-refractivity contribution in [1.82, 2.24) is 5.32 Å². The fourth-order valence-corrected chi connectivity index (χ4v) is 3.24. The first kappa shape index (κ1) is 11.8. The van der Waals surface area contributed by atoms with Gasteiger partial charge in [-0.1, -0.05) is 0 Å². The zero-order chi connectivity index (χ0) is 12.4. The minimum atomic E-state index is 0.735. The number of nitrogens with one attached hydrogen (secondary N) is 1. The molecule has 0 radical (unpaired) electrons. The minimum absolute atomic E-state index is 0.735. The lowest BCUT2D eigenvalue weighted by Gasteiger charge is -2.42. The summed E-state index contributed by atoms with van der Waals surface area (Å²) < 4.78 is 5.49. The molecular formula is C15H22N2O. The molecule has 1 aromatic carbocycles. The first-order valence-electron chi connectivity index (χ1n) is 7.03. The van der Waals surface area contributed by atoms with Crippen LogP contribution in [0.15, 0.2) is 24.3 Å². The van der Waals surface area contributed by atoms with E-state index < -0.39 is 0 Å². The second kappa shape index (κ2) is 5.19. The standard InChI is InChI=1S/C15H22N2O/c1-2-18-15-5-3-14(4-6-15)17-10-12-7-13(11-17)9-16-8-12/h3-6,12-13,16H,2,7-11H2,1H3. The highest BCUT2D eigenvalue weighted by Gasteiger charge is 2.30. The molecule has 98 valence electrons. The second-order valence-electron chi connectivity index (χ2n) is 5.46. The number of nitrogens with zero attached hydrogens (tertiary/aromatic N) is 1. The fraction of sp³-hybridized carbons (Fsp3) is 0.600. The number of hydrogen-bond donors (Lipinski definition) is 1. The Morgan fingerprint density at radius 2 is 1.83 bits per heavy atom. The summed E-state index contributed by atoms with van der Waals surface area (Å²) in [4.78, 5) is 2.54. The van der Waals surface area contributed by atoms with Crippen molar-refractivity contribution in [2.24, 2.45) is 11.8 Å². The van der Waals surface area contributed by atoms with Crippen molar-refractivity contribution in [3.63, 3.8) is 0 Å². The van der Waals surface area contributed by atoms with Crippen LogP contribution in [0.2, 0.25) is 0 Å². The summed E-state index contributed by atoms with van der Waals surface area (Å²) in [7, 11) is 0. The lowest BCUT2D eigenvalue weighted by Crippen LogP contribution is -2.51. The van der Waals surface area contributed by atoms with Crippen molar-refractivity contribution in [1.29, 1.82) is 0 Å². The summed E-state index contributed by atoms with van der Waals surface area (Å²) in [6, 6.07) is 8.56. The van der Waals surface area contributed by atoms with E-state index in [1.807, 2.05) is 6.92 Å². The molecule has 2 atom stereocenters. The van der Waals surface area contributed by atoms with Crippen LogP contribution in [0.5, 0.6) is 5.75 Å². The van der Waals surface area contributed by atoms with E-state index in [1.54, 1.807) is 0 Å². The Bertz CT molecular complexity index is 378. The second-order valence-corrected chi connectivity index (χ2v) is 5.46. The molecule has 0 aromatic heterocycles. The zero-order valence-electron chi connectivity index (χ0n) is 11.1. The van der Waals surface area contributed by atoms with Gasteiger partial charge in [-0.25, -0.2) is 0 Å². The predicted octanol–water partition coefficient (Wildman–Crippen LogP) is 2.13. The molecule has 1 N–H and O–H groups in total. The van der Waals surface area contributed by atoms with Crippen LogP contribution in [0.4, 0.5) is 5.69 Å². The van der Waals surface area contributed by atoms with E-state index in [4.69, 9.17) is 4.74 Å². The Labute approximate surface area is 109 Å². The van der Waals surface area contributed by atoms with Gasteiger partial charge in [0.25, 0.3) is 0 Å². The molecule has 2 unspecified atom stereocenters. The summed E-state index contributed by atoms with van der Waals surface area (Å²) in [5.74, 6) is 2.62.